The number of nitrogens with one attached hydrogen (secondary N) is 1. The summed E-state index contributed by atoms with van der Waals surface area (Å²) in [4.78, 5) is 19.8. The van der Waals surface area contributed by atoms with Gasteiger partial charge in [0, 0.05) is 11.1 Å². The van der Waals surface area contributed by atoms with Gasteiger partial charge in [-0.2, -0.15) is 0 Å². The van der Waals surface area contributed by atoms with Crippen molar-refractivity contribution in [3.63, 3.8) is 0 Å². The van der Waals surface area contributed by atoms with Crippen molar-refractivity contribution in [2.45, 2.75) is 0 Å². The number of rotatable bonds is 5. The Hall–Kier alpha value is -3.25. The zero-order valence-corrected chi connectivity index (χ0v) is 14.2. The van der Waals surface area contributed by atoms with E-state index < -0.39 is 5.82 Å². The summed E-state index contributed by atoms with van der Waals surface area (Å²) in [7, 11) is 0. The quantitative estimate of drug-likeness (QED) is 0.661. The first-order valence-corrected chi connectivity index (χ1v) is 7.97. The van der Waals surface area contributed by atoms with Crippen molar-refractivity contribution in [1.29, 1.82) is 0 Å². The fourth-order valence-electron chi connectivity index (χ4n) is 2.02. The van der Waals surface area contributed by atoms with Gasteiger partial charge in [-0.05, 0) is 29.8 Å². The molecule has 3 rings (SSSR count). The summed E-state index contributed by atoms with van der Waals surface area (Å²) >= 11 is 6.02. The third kappa shape index (κ3) is 4.64. The molecule has 1 aromatic heterocycles. The molecule has 0 saturated heterocycles. The minimum atomic E-state index is -0.516. The van der Waals surface area contributed by atoms with Crippen LogP contribution >= 0.6 is 11.6 Å². The van der Waals surface area contributed by atoms with Gasteiger partial charge >= 0.3 is 6.01 Å². The number of hydrogen-bond acceptors (Lipinski definition) is 4. The van der Waals surface area contributed by atoms with Gasteiger partial charge in [-0.15, -0.1) is 0 Å². The maximum Gasteiger partial charge on any atom is 0.322 e. The number of carbonyl (C=O) groups is 1. The number of anilines is 1. The molecular formula is C19H13ClFN3O2. The third-order valence-electron chi connectivity index (χ3n) is 3.25. The number of para-hydroxylation sites is 1. The fraction of sp³-hybridized carbons (Fsp3) is 0. The van der Waals surface area contributed by atoms with Crippen LogP contribution in [0.25, 0.3) is 6.08 Å². The number of carbonyl (C=O) groups excluding carboxylic acids is 1. The van der Waals surface area contributed by atoms with Crippen LogP contribution in [0.1, 0.15) is 5.56 Å². The average Bonchev–Trinajstić information content (AvgIpc) is 2.64. The second-order valence-corrected chi connectivity index (χ2v) is 5.54. The molecule has 5 nitrogen and oxygen atoms in total. The zero-order valence-electron chi connectivity index (χ0n) is 13.4. The molecule has 7 heteroatoms. The van der Waals surface area contributed by atoms with Gasteiger partial charge in [-0.3, -0.25) is 4.79 Å². The number of aromatic nitrogens is 2. The molecule has 0 unspecified atom stereocenters. The lowest BCUT2D eigenvalue weighted by atomic mass is 10.2. The summed E-state index contributed by atoms with van der Waals surface area (Å²) in [6.07, 6.45) is 5.69. The zero-order chi connectivity index (χ0) is 18.4. The van der Waals surface area contributed by atoms with Crippen LogP contribution in [0, 0.1) is 5.82 Å². The molecule has 1 N–H and O–H groups in total. The SMILES string of the molecule is O=C(/C=C/c1ccccc1Cl)Nc1cnc(Oc2ccccc2F)nc1. The largest absolute Gasteiger partial charge is 0.421 e. The number of nitrogens with zero attached hydrogens (tertiary/aromatic N) is 2. The van der Waals surface area contributed by atoms with Gasteiger partial charge < -0.3 is 10.1 Å². The smallest absolute Gasteiger partial charge is 0.322 e. The van der Waals surface area contributed by atoms with E-state index in [-0.39, 0.29) is 17.7 Å². The maximum atomic E-state index is 13.5. The first-order chi connectivity index (χ1) is 12.6. The summed E-state index contributed by atoms with van der Waals surface area (Å²) < 4.78 is 18.8. The van der Waals surface area contributed by atoms with Gasteiger partial charge in [-0.1, -0.05) is 41.9 Å². The summed E-state index contributed by atoms with van der Waals surface area (Å²) in [5.41, 5.74) is 1.11. The Labute approximate surface area is 154 Å². The Kier molecular flexibility index (Phi) is 5.56. The maximum absolute atomic E-state index is 13.5. The highest BCUT2D eigenvalue weighted by molar-refractivity contribution is 6.32. The topological polar surface area (TPSA) is 64.1 Å². The molecule has 0 aliphatic heterocycles. The Balaban J connectivity index is 1.61. The molecule has 0 atom stereocenters. The molecule has 130 valence electrons. The van der Waals surface area contributed by atoms with E-state index in [9.17, 15) is 9.18 Å². The highest BCUT2D eigenvalue weighted by Gasteiger charge is 2.06. The van der Waals surface area contributed by atoms with E-state index in [4.69, 9.17) is 16.3 Å². The lowest BCUT2D eigenvalue weighted by Crippen LogP contribution is -2.08. The van der Waals surface area contributed by atoms with E-state index in [2.05, 4.69) is 15.3 Å². The molecule has 0 fully saturated rings. The van der Waals surface area contributed by atoms with Crippen LogP contribution < -0.4 is 10.1 Å². The Morgan fingerprint density at radius 3 is 2.50 bits per heavy atom. The average molecular weight is 370 g/mol. The van der Waals surface area contributed by atoms with Crippen LogP contribution in [-0.4, -0.2) is 15.9 Å². The minimum absolute atomic E-state index is 0.0203. The molecule has 0 aliphatic rings. The third-order valence-corrected chi connectivity index (χ3v) is 3.60. The molecule has 0 spiro atoms. The van der Waals surface area contributed by atoms with E-state index in [1.807, 2.05) is 12.1 Å². The van der Waals surface area contributed by atoms with Gasteiger partial charge in [0.25, 0.3) is 0 Å². The molecule has 2 aromatic carbocycles. The van der Waals surface area contributed by atoms with Crippen LogP contribution in [0.15, 0.2) is 67.0 Å². The monoisotopic (exact) mass is 369 g/mol. The van der Waals surface area contributed by atoms with Crippen molar-refractivity contribution in [1.82, 2.24) is 9.97 Å². The van der Waals surface area contributed by atoms with Crippen LogP contribution in [-0.2, 0) is 4.79 Å². The van der Waals surface area contributed by atoms with E-state index in [1.165, 1.54) is 30.6 Å². The number of ether oxygens (including phenoxy) is 1. The molecule has 0 saturated carbocycles. The predicted molar refractivity (Wildman–Crippen MR) is 97.6 cm³/mol. The summed E-state index contributed by atoms with van der Waals surface area (Å²) in [6, 6.07) is 13.1. The molecule has 26 heavy (non-hydrogen) atoms. The number of benzene rings is 2. The van der Waals surface area contributed by atoms with E-state index in [0.717, 1.165) is 5.56 Å². The first kappa shape index (κ1) is 17.6. The highest BCUT2D eigenvalue weighted by atomic mass is 35.5. The van der Waals surface area contributed by atoms with Crippen molar-refractivity contribution >= 4 is 29.3 Å². The number of hydrogen-bond donors (Lipinski definition) is 1. The lowest BCUT2D eigenvalue weighted by Gasteiger charge is -2.05. The van der Waals surface area contributed by atoms with Gasteiger partial charge in [0.2, 0.25) is 5.91 Å². The molecule has 1 amide bonds. The van der Waals surface area contributed by atoms with Crippen LogP contribution in [0.3, 0.4) is 0 Å². The normalized spacial score (nSPS) is 10.7. The molecule has 3 aromatic rings. The molecule has 0 radical (unpaired) electrons. The van der Waals surface area contributed by atoms with Crippen LogP contribution in [0.2, 0.25) is 5.02 Å². The Morgan fingerprint density at radius 1 is 1.08 bits per heavy atom. The van der Waals surface area contributed by atoms with E-state index in [1.54, 1.807) is 30.3 Å². The van der Waals surface area contributed by atoms with Crippen molar-refractivity contribution in [3.8, 4) is 11.8 Å². The van der Waals surface area contributed by atoms with Crippen molar-refractivity contribution in [3.05, 3.63) is 83.4 Å². The second-order valence-electron chi connectivity index (χ2n) is 5.13. The van der Waals surface area contributed by atoms with E-state index >= 15 is 0 Å². The predicted octanol–water partition coefficient (Wildman–Crippen LogP) is 4.71. The number of amides is 1. The van der Waals surface area contributed by atoms with Crippen molar-refractivity contribution in [2.75, 3.05) is 5.32 Å². The number of halogens is 2. The fourth-order valence-corrected chi connectivity index (χ4v) is 2.22. The van der Waals surface area contributed by atoms with Crippen LogP contribution in [0.5, 0.6) is 11.8 Å². The Bertz CT molecular complexity index is 946. The Morgan fingerprint density at radius 2 is 1.77 bits per heavy atom. The minimum Gasteiger partial charge on any atom is -0.421 e. The molecular weight excluding hydrogens is 357 g/mol. The van der Waals surface area contributed by atoms with Gasteiger partial charge in [-0.25, -0.2) is 14.4 Å². The van der Waals surface area contributed by atoms with Gasteiger partial charge in [0.05, 0.1) is 18.1 Å². The molecule has 1 heterocycles. The lowest BCUT2D eigenvalue weighted by molar-refractivity contribution is -0.111. The highest BCUT2D eigenvalue weighted by Crippen LogP contribution is 2.21. The first-order valence-electron chi connectivity index (χ1n) is 7.60. The molecule has 0 bridgehead atoms. The van der Waals surface area contributed by atoms with Crippen molar-refractivity contribution < 1.29 is 13.9 Å². The van der Waals surface area contributed by atoms with Crippen molar-refractivity contribution in [2.24, 2.45) is 0 Å². The standard InChI is InChI=1S/C19H13ClFN3O2/c20-15-6-2-1-5-13(15)9-10-18(25)24-14-11-22-19(23-12-14)26-17-8-4-3-7-16(17)21/h1-12H,(H,24,25)/b10-9+. The summed E-state index contributed by atoms with van der Waals surface area (Å²) in [5.74, 6) is -0.860. The van der Waals surface area contributed by atoms with Gasteiger partial charge in [0.15, 0.2) is 11.6 Å². The molecule has 0 aliphatic carbocycles. The summed E-state index contributed by atoms with van der Waals surface area (Å²) in [5, 5.41) is 3.16. The second kappa shape index (κ2) is 8.22. The summed E-state index contributed by atoms with van der Waals surface area (Å²) in [6.45, 7) is 0. The van der Waals surface area contributed by atoms with E-state index in [0.29, 0.717) is 10.7 Å². The van der Waals surface area contributed by atoms with Crippen LogP contribution in [0.4, 0.5) is 10.1 Å². The van der Waals surface area contributed by atoms with Gasteiger partial charge in [0.1, 0.15) is 0 Å².